The van der Waals surface area contributed by atoms with Crippen molar-refractivity contribution in [1.29, 1.82) is 0 Å². The third-order valence-electron chi connectivity index (χ3n) is 5.16. The SMILES string of the molecule is CCC1CCc2sc(C(=O)OCC(=O)NCc3ccc(C(=O)OC)cc3)cc2C1. The molecule has 1 aromatic heterocycles. The summed E-state index contributed by atoms with van der Waals surface area (Å²) >= 11 is 1.48. The van der Waals surface area contributed by atoms with E-state index in [2.05, 4.69) is 17.0 Å². The third kappa shape index (κ3) is 5.44. The van der Waals surface area contributed by atoms with Crippen LogP contribution in [-0.4, -0.2) is 31.6 Å². The standard InChI is InChI=1S/C22H25NO5S/c1-3-14-6-9-18-17(10-14)11-19(29-18)22(26)28-13-20(24)23-12-15-4-7-16(8-5-15)21(25)27-2/h4-5,7-8,11,14H,3,6,9-10,12-13H2,1-2H3,(H,23,24). The molecule has 0 spiro atoms. The van der Waals surface area contributed by atoms with Gasteiger partial charge in [0.05, 0.1) is 12.7 Å². The molecule has 1 aliphatic carbocycles. The average Bonchev–Trinajstić information content (AvgIpc) is 3.19. The first-order valence-corrected chi connectivity index (χ1v) is 10.5. The number of fused-ring (bicyclic) bond motifs is 1. The van der Waals surface area contributed by atoms with E-state index in [0.717, 1.165) is 24.8 Å². The van der Waals surface area contributed by atoms with Crippen LogP contribution in [-0.2, 0) is 33.7 Å². The van der Waals surface area contributed by atoms with Gasteiger partial charge in [0.1, 0.15) is 4.88 Å². The first kappa shape index (κ1) is 21.0. The number of aryl methyl sites for hydroxylation is 1. The molecule has 7 heteroatoms. The van der Waals surface area contributed by atoms with Crippen LogP contribution in [0.2, 0.25) is 0 Å². The summed E-state index contributed by atoms with van der Waals surface area (Å²) in [5.74, 6) is -0.542. The molecule has 0 aliphatic heterocycles. The zero-order valence-electron chi connectivity index (χ0n) is 16.7. The van der Waals surface area contributed by atoms with Crippen LogP contribution in [0.25, 0.3) is 0 Å². The predicted molar refractivity (Wildman–Crippen MR) is 110 cm³/mol. The Morgan fingerprint density at radius 2 is 1.93 bits per heavy atom. The Morgan fingerprint density at radius 1 is 1.17 bits per heavy atom. The van der Waals surface area contributed by atoms with Crippen molar-refractivity contribution in [3.8, 4) is 0 Å². The molecule has 0 fully saturated rings. The number of amides is 1. The first-order valence-electron chi connectivity index (χ1n) is 9.72. The van der Waals surface area contributed by atoms with Gasteiger partial charge in [-0.05, 0) is 54.5 Å². The summed E-state index contributed by atoms with van der Waals surface area (Å²) in [7, 11) is 1.32. The van der Waals surface area contributed by atoms with Gasteiger partial charge in [-0.15, -0.1) is 11.3 Å². The molecule has 0 bridgehead atoms. The molecule has 1 N–H and O–H groups in total. The Labute approximate surface area is 174 Å². The number of nitrogens with one attached hydrogen (secondary N) is 1. The van der Waals surface area contributed by atoms with Crippen molar-refractivity contribution < 1.29 is 23.9 Å². The largest absolute Gasteiger partial charge is 0.465 e. The van der Waals surface area contributed by atoms with Crippen molar-refractivity contribution in [2.75, 3.05) is 13.7 Å². The number of esters is 2. The van der Waals surface area contributed by atoms with Crippen molar-refractivity contribution in [2.24, 2.45) is 5.92 Å². The molecule has 1 amide bonds. The number of ether oxygens (including phenoxy) is 2. The molecule has 3 rings (SSSR count). The number of methoxy groups -OCH3 is 1. The topological polar surface area (TPSA) is 81.7 Å². The minimum atomic E-state index is -0.449. The van der Waals surface area contributed by atoms with Gasteiger partial charge in [0.25, 0.3) is 5.91 Å². The summed E-state index contributed by atoms with van der Waals surface area (Å²) in [6, 6.07) is 8.66. The molecule has 6 nitrogen and oxygen atoms in total. The van der Waals surface area contributed by atoms with E-state index in [1.165, 1.54) is 35.3 Å². The molecule has 0 radical (unpaired) electrons. The van der Waals surface area contributed by atoms with Crippen LogP contribution in [0.1, 0.15) is 55.8 Å². The number of carbonyl (C=O) groups is 3. The third-order valence-corrected chi connectivity index (χ3v) is 6.38. The summed E-state index contributed by atoms with van der Waals surface area (Å²) in [6.45, 7) is 2.16. The Morgan fingerprint density at radius 3 is 2.62 bits per heavy atom. The van der Waals surface area contributed by atoms with Crippen molar-refractivity contribution in [3.63, 3.8) is 0 Å². The van der Waals surface area contributed by atoms with Crippen LogP contribution in [0.4, 0.5) is 0 Å². The highest BCUT2D eigenvalue weighted by Crippen LogP contribution is 2.33. The van der Waals surface area contributed by atoms with Crippen LogP contribution in [0.3, 0.4) is 0 Å². The highest BCUT2D eigenvalue weighted by molar-refractivity contribution is 7.14. The van der Waals surface area contributed by atoms with E-state index in [9.17, 15) is 14.4 Å². The molecule has 1 aliphatic rings. The van der Waals surface area contributed by atoms with Gasteiger partial charge in [0.2, 0.25) is 0 Å². The zero-order chi connectivity index (χ0) is 20.8. The molecule has 29 heavy (non-hydrogen) atoms. The van der Waals surface area contributed by atoms with Crippen molar-refractivity contribution in [1.82, 2.24) is 5.32 Å². The lowest BCUT2D eigenvalue weighted by Crippen LogP contribution is -2.28. The van der Waals surface area contributed by atoms with E-state index in [1.54, 1.807) is 24.3 Å². The summed E-state index contributed by atoms with van der Waals surface area (Å²) in [5, 5.41) is 2.70. The van der Waals surface area contributed by atoms with Crippen molar-refractivity contribution >= 4 is 29.2 Å². The van der Waals surface area contributed by atoms with E-state index in [1.807, 2.05) is 6.07 Å². The zero-order valence-corrected chi connectivity index (χ0v) is 17.5. The summed E-state index contributed by atoms with van der Waals surface area (Å²) in [6.07, 6.45) is 4.36. The Bertz CT molecular complexity index is 887. The number of rotatable bonds is 7. The van der Waals surface area contributed by atoms with Gasteiger partial charge in [-0.25, -0.2) is 9.59 Å². The lowest BCUT2D eigenvalue weighted by atomic mass is 9.87. The van der Waals surface area contributed by atoms with Gasteiger partial charge in [-0.1, -0.05) is 25.5 Å². The molecule has 0 saturated heterocycles. The van der Waals surface area contributed by atoms with Gasteiger partial charge in [0, 0.05) is 11.4 Å². The van der Waals surface area contributed by atoms with Gasteiger partial charge in [0.15, 0.2) is 6.61 Å². The molecule has 1 unspecified atom stereocenters. The lowest BCUT2D eigenvalue weighted by Gasteiger charge is -2.19. The number of hydrogen-bond acceptors (Lipinski definition) is 6. The lowest BCUT2D eigenvalue weighted by molar-refractivity contribution is -0.124. The van der Waals surface area contributed by atoms with Crippen molar-refractivity contribution in [2.45, 2.75) is 39.2 Å². The predicted octanol–water partition coefficient (Wildman–Crippen LogP) is 3.52. The first-order chi connectivity index (χ1) is 14.0. The molecule has 0 saturated carbocycles. The number of thiophene rings is 1. The molecule has 154 valence electrons. The second-order valence-corrected chi connectivity index (χ2v) is 8.25. The smallest absolute Gasteiger partial charge is 0.348 e. The summed E-state index contributed by atoms with van der Waals surface area (Å²) < 4.78 is 9.82. The van der Waals surface area contributed by atoms with Crippen LogP contribution < -0.4 is 5.32 Å². The van der Waals surface area contributed by atoms with Crippen LogP contribution in [0, 0.1) is 5.92 Å². The Balaban J connectivity index is 1.45. The fraction of sp³-hybridized carbons (Fsp3) is 0.409. The molecule has 1 aromatic carbocycles. The maximum absolute atomic E-state index is 12.3. The molecule has 2 aromatic rings. The van der Waals surface area contributed by atoms with Gasteiger partial charge < -0.3 is 14.8 Å². The van der Waals surface area contributed by atoms with E-state index in [-0.39, 0.29) is 19.1 Å². The van der Waals surface area contributed by atoms with E-state index in [0.29, 0.717) is 16.4 Å². The van der Waals surface area contributed by atoms with Gasteiger partial charge in [-0.2, -0.15) is 0 Å². The number of carbonyl (C=O) groups excluding carboxylic acids is 3. The number of benzene rings is 1. The van der Waals surface area contributed by atoms with Gasteiger partial charge >= 0.3 is 11.9 Å². The molecular weight excluding hydrogens is 390 g/mol. The highest BCUT2D eigenvalue weighted by Gasteiger charge is 2.23. The summed E-state index contributed by atoms with van der Waals surface area (Å²) in [5.41, 5.74) is 2.52. The van der Waals surface area contributed by atoms with Crippen LogP contribution >= 0.6 is 11.3 Å². The maximum Gasteiger partial charge on any atom is 0.348 e. The minimum absolute atomic E-state index is 0.281. The second-order valence-electron chi connectivity index (χ2n) is 7.12. The van der Waals surface area contributed by atoms with Gasteiger partial charge in [-0.3, -0.25) is 4.79 Å². The Kier molecular flexibility index (Phi) is 7.04. The highest BCUT2D eigenvalue weighted by atomic mass is 32.1. The van der Waals surface area contributed by atoms with E-state index >= 15 is 0 Å². The second kappa shape index (κ2) is 9.69. The van der Waals surface area contributed by atoms with Crippen LogP contribution in [0.15, 0.2) is 30.3 Å². The molecule has 1 atom stereocenters. The molecule has 1 heterocycles. The van der Waals surface area contributed by atoms with Crippen LogP contribution in [0.5, 0.6) is 0 Å². The fourth-order valence-corrected chi connectivity index (χ4v) is 4.48. The maximum atomic E-state index is 12.3. The minimum Gasteiger partial charge on any atom is -0.465 e. The normalized spacial score (nSPS) is 15.3. The monoisotopic (exact) mass is 415 g/mol. The average molecular weight is 416 g/mol. The molecular formula is C22H25NO5S. The Hall–Kier alpha value is -2.67. The van der Waals surface area contributed by atoms with Crippen molar-refractivity contribution in [3.05, 3.63) is 56.8 Å². The van der Waals surface area contributed by atoms with E-state index in [4.69, 9.17) is 4.74 Å². The summed E-state index contributed by atoms with van der Waals surface area (Å²) in [4.78, 5) is 37.5. The fourth-order valence-electron chi connectivity index (χ4n) is 3.38. The quantitative estimate of drug-likeness (QED) is 0.700. The van der Waals surface area contributed by atoms with E-state index < -0.39 is 11.9 Å². The number of hydrogen-bond donors (Lipinski definition) is 1.